The molecule has 4 aromatic rings. The normalized spacial score (nSPS) is 17.7. The van der Waals surface area contributed by atoms with Gasteiger partial charge in [0.05, 0.1) is 17.9 Å². The fraction of sp³-hybridized carbons (Fsp3) is 0.409. The number of H-pyrrole nitrogens is 1. The number of phenols is 1. The second-order valence-corrected chi connectivity index (χ2v) is 10.1. The zero-order chi connectivity index (χ0) is 22.7. The van der Waals surface area contributed by atoms with Crippen molar-refractivity contribution in [3.05, 3.63) is 35.6 Å². The van der Waals surface area contributed by atoms with E-state index in [1.54, 1.807) is 18.3 Å². The number of nitrogens with one attached hydrogen (secondary N) is 2. The number of halogens is 2. The van der Waals surface area contributed by atoms with E-state index in [1.165, 1.54) is 0 Å². The fourth-order valence-electron chi connectivity index (χ4n) is 4.96. The maximum Gasteiger partial charge on any atom is 0.201 e. The molecule has 3 aromatic heterocycles. The lowest BCUT2D eigenvalue weighted by atomic mass is 9.80. The van der Waals surface area contributed by atoms with Crippen LogP contribution in [-0.4, -0.2) is 51.6 Å². The molecule has 33 heavy (non-hydrogen) atoms. The molecule has 0 unspecified atom stereocenters. The van der Waals surface area contributed by atoms with E-state index in [9.17, 15) is 5.11 Å². The third-order valence-corrected chi connectivity index (χ3v) is 6.20. The maximum atomic E-state index is 10.6. The van der Waals surface area contributed by atoms with E-state index in [4.69, 9.17) is 11.6 Å². The molecule has 9 nitrogen and oxygen atoms in total. The van der Waals surface area contributed by atoms with Crippen LogP contribution in [0, 0.1) is 0 Å². The molecule has 174 valence electrons. The molecule has 1 aliphatic heterocycles. The lowest BCUT2D eigenvalue weighted by Crippen LogP contribution is -2.58. The molecule has 4 heterocycles. The van der Waals surface area contributed by atoms with Gasteiger partial charge in [0, 0.05) is 22.2 Å². The first-order valence-corrected chi connectivity index (χ1v) is 10.9. The van der Waals surface area contributed by atoms with Crippen LogP contribution in [0.15, 0.2) is 30.5 Å². The lowest BCUT2D eigenvalue weighted by Gasteiger charge is -2.46. The molecule has 0 bridgehead atoms. The topological polar surface area (TPSA) is 117 Å². The molecule has 0 atom stereocenters. The van der Waals surface area contributed by atoms with Crippen LogP contribution in [-0.2, 0) is 0 Å². The minimum Gasteiger partial charge on any atom is -0.507 e. The van der Waals surface area contributed by atoms with Crippen molar-refractivity contribution >= 4 is 35.2 Å². The fourth-order valence-corrected chi connectivity index (χ4v) is 5.16. The van der Waals surface area contributed by atoms with E-state index < -0.39 is 0 Å². The Labute approximate surface area is 202 Å². The van der Waals surface area contributed by atoms with Gasteiger partial charge in [0.1, 0.15) is 16.4 Å². The van der Waals surface area contributed by atoms with E-state index in [0.29, 0.717) is 33.1 Å². The minimum atomic E-state index is -0.0243. The van der Waals surface area contributed by atoms with Crippen molar-refractivity contribution in [2.45, 2.75) is 57.7 Å². The van der Waals surface area contributed by atoms with Crippen LogP contribution in [0.5, 0.6) is 5.75 Å². The number of piperidine rings is 1. The summed E-state index contributed by atoms with van der Waals surface area (Å²) in [5, 5.41) is 38.9. The molecule has 1 fully saturated rings. The van der Waals surface area contributed by atoms with Gasteiger partial charge < -0.3 is 10.4 Å². The smallest absolute Gasteiger partial charge is 0.201 e. The highest BCUT2D eigenvalue weighted by Gasteiger charge is 2.39. The van der Waals surface area contributed by atoms with Crippen molar-refractivity contribution in [3.8, 4) is 28.1 Å². The third-order valence-electron chi connectivity index (χ3n) is 5.91. The maximum absolute atomic E-state index is 10.6. The number of phenolic OH excluding ortho intramolecular Hbond substituents is 1. The summed E-state index contributed by atoms with van der Waals surface area (Å²) < 4.78 is 1.89. The number of rotatable bonds is 3. The summed E-state index contributed by atoms with van der Waals surface area (Å²) in [6.45, 7) is 8.81. The predicted molar refractivity (Wildman–Crippen MR) is 130 cm³/mol. The number of fused-ring (bicyclic) bond motifs is 1. The number of benzene rings is 1. The van der Waals surface area contributed by atoms with Gasteiger partial charge in [-0.2, -0.15) is 5.10 Å². The number of hydrogen-bond acceptors (Lipinski definition) is 7. The van der Waals surface area contributed by atoms with E-state index >= 15 is 0 Å². The average molecular weight is 489 g/mol. The first-order valence-electron chi connectivity index (χ1n) is 10.5. The molecule has 1 aromatic carbocycles. The quantitative estimate of drug-likeness (QED) is 0.387. The van der Waals surface area contributed by atoms with Crippen LogP contribution >= 0.6 is 24.0 Å². The Hall–Kier alpha value is -2.75. The molecular formula is C22H26Cl2N8O. The van der Waals surface area contributed by atoms with Gasteiger partial charge >= 0.3 is 0 Å². The molecule has 0 saturated carbocycles. The summed E-state index contributed by atoms with van der Waals surface area (Å²) in [7, 11) is 0. The van der Waals surface area contributed by atoms with Gasteiger partial charge in [0.2, 0.25) is 5.65 Å². The third kappa shape index (κ3) is 4.40. The summed E-state index contributed by atoms with van der Waals surface area (Å²) in [6, 6.07) is 7.25. The highest BCUT2D eigenvalue weighted by Crippen LogP contribution is 2.38. The van der Waals surface area contributed by atoms with Gasteiger partial charge in [-0.1, -0.05) is 22.9 Å². The van der Waals surface area contributed by atoms with Crippen molar-refractivity contribution in [1.82, 2.24) is 40.7 Å². The number of aromatic hydroxyl groups is 1. The Balaban J connectivity index is 0.00000259. The standard InChI is InChI=1S/C22H25ClN8O.ClH/c1-21(2)9-13(10-22(3,4)29-21)31-20-17(26-30-31)8-16(25-28-20)14-6-5-12(7-18(14)32)15-11-24-27-19(15)23;/h5-8,11,13,29,32H,9-10H2,1-4H3,(H,24,27);1H. The molecule has 5 rings (SSSR count). The zero-order valence-electron chi connectivity index (χ0n) is 18.8. The Kier molecular flexibility index (Phi) is 5.84. The molecule has 1 saturated heterocycles. The summed E-state index contributed by atoms with van der Waals surface area (Å²) in [5.74, 6) is 0.0719. The number of nitrogens with zero attached hydrogens (tertiary/aromatic N) is 6. The van der Waals surface area contributed by atoms with Crippen LogP contribution in [0.25, 0.3) is 33.5 Å². The zero-order valence-corrected chi connectivity index (χ0v) is 20.4. The van der Waals surface area contributed by atoms with Gasteiger partial charge in [-0.05, 0) is 64.3 Å². The summed E-state index contributed by atoms with van der Waals surface area (Å²) >= 11 is 6.11. The van der Waals surface area contributed by atoms with Crippen molar-refractivity contribution < 1.29 is 5.11 Å². The molecule has 11 heteroatoms. The summed E-state index contributed by atoms with van der Waals surface area (Å²) in [4.78, 5) is 0. The van der Waals surface area contributed by atoms with Gasteiger partial charge in [-0.25, -0.2) is 4.68 Å². The van der Waals surface area contributed by atoms with Crippen molar-refractivity contribution in [1.29, 1.82) is 0 Å². The van der Waals surface area contributed by atoms with Gasteiger partial charge in [-0.3, -0.25) is 5.10 Å². The van der Waals surface area contributed by atoms with E-state index in [2.05, 4.69) is 63.7 Å². The van der Waals surface area contributed by atoms with Gasteiger partial charge in [0.15, 0.2) is 0 Å². The molecule has 0 amide bonds. The van der Waals surface area contributed by atoms with Crippen LogP contribution in [0.2, 0.25) is 5.15 Å². The first-order chi connectivity index (χ1) is 15.1. The summed E-state index contributed by atoms with van der Waals surface area (Å²) in [6.07, 6.45) is 3.44. The van der Waals surface area contributed by atoms with E-state index in [1.807, 2.05) is 16.8 Å². The van der Waals surface area contributed by atoms with Gasteiger partial charge in [-0.15, -0.1) is 27.7 Å². The number of hydrogen-bond donors (Lipinski definition) is 3. The molecule has 0 radical (unpaired) electrons. The SMILES string of the molecule is CC1(C)CC(n2nnc3cc(-c4ccc(-c5cn[nH]c5Cl)cc4O)nnc32)CC(C)(C)N1.Cl. The number of aromatic amines is 1. The van der Waals surface area contributed by atoms with Crippen LogP contribution < -0.4 is 5.32 Å². The molecule has 3 N–H and O–H groups in total. The second-order valence-electron chi connectivity index (χ2n) is 9.76. The second kappa shape index (κ2) is 8.23. The average Bonchev–Trinajstić information content (AvgIpc) is 3.31. The van der Waals surface area contributed by atoms with Crippen molar-refractivity contribution in [2.24, 2.45) is 0 Å². The predicted octanol–water partition coefficient (Wildman–Crippen LogP) is 4.54. The molecular weight excluding hydrogens is 463 g/mol. The Morgan fingerprint density at radius 3 is 2.39 bits per heavy atom. The lowest BCUT2D eigenvalue weighted by molar-refractivity contribution is 0.127. The van der Waals surface area contributed by atoms with Crippen molar-refractivity contribution in [2.75, 3.05) is 0 Å². The summed E-state index contributed by atoms with van der Waals surface area (Å²) in [5.41, 5.74) is 3.79. The largest absolute Gasteiger partial charge is 0.507 e. The van der Waals surface area contributed by atoms with Gasteiger partial charge in [0.25, 0.3) is 0 Å². The Bertz CT molecular complexity index is 1300. The monoisotopic (exact) mass is 488 g/mol. The van der Waals surface area contributed by atoms with E-state index in [-0.39, 0.29) is 35.3 Å². The van der Waals surface area contributed by atoms with Crippen LogP contribution in [0.1, 0.15) is 46.6 Å². The highest BCUT2D eigenvalue weighted by molar-refractivity contribution is 6.32. The Morgan fingerprint density at radius 2 is 1.76 bits per heavy atom. The molecule has 1 aliphatic rings. The Morgan fingerprint density at radius 1 is 1.03 bits per heavy atom. The number of aromatic nitrogens is 7. The van der Waals surface area contributed by atoms with Crippen LogP contribution in [0.3, 0.4) is 0 Å². The van der Waals surface area contributed by atoms with Crippen LogP contribution in [0.4, 0.5) is 0 Å². The van der Waals surface area contributed by atoms with Crippen molar-refractivity contribution in [3.63, 3.8) is 0 Å². The first kappa shape index (κ1) is 23.4. The highest BCUT2D eigenvalue weighted by atomic mass is 35.5. The molecule has 0 spiro atoms. The molecule has 0 aliphatic carbocycles. The van der Waals surface area contributed by atoms with E-state index in [0.717, 1.165) is 18.4 Å². The minimum absolute atomic E-state index is 0.